The summed E-state index contributed by atoms with van der Waals surface area (Å²) in [7, 11) is 0. The molecule has 20 heavy (non-hydrogen) atoms. The number of nitrogens with one attached hydrogen (secondary N) is 2. The Hall–Kier alpha value is -1.74. The highest BCUT2D eigenvalue weighted by Crippen LogP contribution is 2.24. The zero-order valence-electron chi connectivity index (χ0n) is 12.3. The van der Waals surface area contributed by atoms with Gasteiger partial charge < -0.3 is 15.2 Å². The van der Waals surface area contributed by atoms with Gasteiger partial charge in [0.15, 0.2) is 0 Å². The maximum atomic E-state index is 6.17. The molecule has 0 atom stereocenters. The number of hydrogen-bond donors (Lipinski definition) is 2. The molecule has 1 radical (unpaired) electrons. The molecular formula is C17H22N3. The molecule has 0 saturated carbocycles. The third kappa shape index (κ3) is 2.46. The van der Waals surface area contributed by atoms with Crippen LogP contribution in [0.25, 0.3) is 16.6 Å². The van der Waals surface area contributed by atoms with Crippen molar-refractivity contribution < 1.29 is 0 Å². The van der Waals surface area contributed by atoms with E-state index < -0.39 is 0 Å². The van der Waals surface area contributed by atoms with Gasteiger partial charge in [0.05, 0.1) is 0 Å². The Bertz CT molecular complexity index is 635. The fourth-order valence-corrected chi connectivity index (χ4v) is 2.68. The predicted octanol–water partition coefficient (Wildman–Crippen LogP) is 2.85. The summed E-state index contributed by atoms with van der Waals surface area (Å²) in [5, 5.41) is 4.59. The minimum Gasteiger partial charge on any atom is -0.383 e. The summed E-state index contributed by atoms with van der Waals surface area (Å²) in [5.74, 6) is 0. The normalized spacial score (nSPS) is 15.3. The number of hydrogen-bond acceptors (Lipinski definition) is 2. The Morgan fingerprint density at radius 3 is 2.85 bits per heavy atom. The van der Waals surface area contributed by atoms with Crippen molar-refractivity contribution in [2.24, 2.45) is 0 Å². The predicted molar refractivity (Wildman–Crippen MR) is 84.5 cm³/mol. The fourth-order valence-electron chi connectivity index (χ4n) is 2.68. The summed E-state index contributed by atoms with van der Waals surface area (Å²) in [5.41, 5.74) is 5.54. The lowest BCUT2D eigenvalue weighted by molar-refractivity contribution is 0.185. The number of nitrogens with zero attached hydrogens (tertiary/aromatic N) is 1. The van der Waals surface area contributed by atoms with Gasteiger partial charge in [0.2, 0.25) is 0 Å². The summed E-state index contributed by atoms with van der Waals surface area (Å²) in [6.07, 6.45) is 1.34. The van der Waals surface area contributed by atoms with Crippen LogP contribution in [0.5, 0.6) is 0 Å². The lowest BCUT2D eigenvalue weighted by atomic mass is 10.1. The number of fused-ring (bicyclic) bond motifs is 1. The third-order valence-electron chi connectivity index (χ3n) is 4.31. The molecule has 1 aliphatic rings. The Morgan fingerprint density at radius 2 is 2.15 bits per heavy atom. The number of benzene rings is 1. The van der Waals surface area contributed by atoms with Gasteiger partial charge in [-0.25, -0.2) is 0 Å². The van der Waals surface area contributed by atoms with E-state index in [1.165, 1.54) is 41.7 Å². The van der Waals surface area contributed by atoms with Gasteiger partial charge in [0, 0.05) is 35.4 Å². The monoisotopic (exact) mass is 268 g/mol. The van der Waals surface area contributed by atoms with Gasteiger partial charge in [0.25, 0.3) is 0 Å². The van der Waals surface area contributed by atoms with Crippen LogP contribution in [0.15, 0.2) is 18.2 Å². The molecular weight excluding hydrogens is 246 g/mol. The highest BCUT2D eigenvalue weighted by Gasteiger charge is 2.12. The van der Waals surface area contributed by atoms with E-state index >= 15 is 0 Å². The van der Waals surface area contributed by atoms with Crippen molar-refractivity contribution in [2.75, 3.05) is 26.2 Å². The molecule has 105 valence electrons. The first-order valence-electron chi connectivity index (χ1n) is 7.33. The summed E-state index contributed by atoms with van der Waals surface area (Å²) in [6.45, 7) is 14.9. The van der Waals surface area contributed by atoms with Crippen LogP contribution in [-0.2, 0) is 0 Å². The van der Waals surface area contributed by atoms with E-state index in [0.29, 0.717) is 0 Å². The first-order chi connectivity index (χ1) is 9.65. The first kappa shape index (κ1) is 13.3. The molecule has 3 nitrogen and oxygen atoms in total. The largest absolute Gasteiger partial charge is 0.383 e. The highest BCUT2D eigenvalue weighted by atomic mass is 15.2. The number of likely N-dealkylation sites (tertiary alicyclic amines) is 1. The van der Waals surface area contributed by atoms with E-state index in [4.69, 9.17) is 6.58 Å². The molecule has 0 spiro atoms. The fraction of sp³-hybridized carbons (Fsp3) is 0.412. The lowest BCUT2D eigenvalue weighted by Crippen LogP contribution is -2.41. The molecule has 1 aliphatic heterocycles. The Morgan fingerprint density at radius 1 is 1.35 bits per heavy atom. The van der Waals surface area contributed by atoms with Crippen LogP contribution in [-0.4, -0.2) is 36.1 Å². The van der Waals surface area contributed by atoms with Crippen LogP contribution in [0.3, 0.4) is 0 Å². The number of aryl methyl sites for hydroxylation is 2. The average molecular weight is 268 g/mol. The smallest absolute Gasteiger partial charge is 0.0459 e. The quantitative estimate of drug-likeness (QED) is 0.873. The van der Waals surface area contributed by atoms with E-state index in [1.807, 2.05) is 0 Å². The number of rotatable bonds is 5. The van der Waals surface area contributed by atoms with Crippen molar-refractivity contribution in [2.45, 2.75) is 20.3 Å². The molecule has 2 aromatic rings. The maximum absolute atomic E-state index is 6.17. The molecule has 0 amide bonds. The average Bonchev–Trinajstić information content (AvgIpc) is 2.67. The van der Waals surface area contributed by atoms with Crippen molar-refractivity contribution >= 4 is 16.6 Å². The minimum absolute atomic E-state index is 0.769. The van der Waals surface area contributed by atoms with Gasteiger partial charge in [-0.05, 0) is 63.2 Å². The standard InChI is InChI=1S/C17H22N3/c1-12-13(2)19-17-6-5-15(11-16(12)17)14(3)18-7-10-20-8-4-9-20/h3,5-6,11,18-19H,4,7-10H2,1-2H3. The second-order valence-corrected chi connectivity index (χ2v) is 5.67. The molecule has 1 aromatic carbocycles. The number of aromatic nitrogens is 1. The lowest BCUT2D eigenvalue weighted by Gasteiger charge is -2.30. The molecule has 2 heterocycles. The van der Waals surface area contributed by atoms with E-state index in [1.54, 1.807) is 0 Å². The van der Waals surface area contributed by atoms with Crippen LogP contribution in [0, 0.1) is 20.4 Å². The van der Waals surface area contributed by atoms with Gasteiger partial charge in [-0.1, -0.05) is 6.07 Å². The summed E-state index contributed by atoms with van der Waals surface area (Å²) in [4.78, 5) is 5.82. The van der Waals surface area contributed by atoms with E-state index in [9.17, 15) is 0 Å². The van der Waals surface area contributed by atoms with Gasteiger partial charge in [-0.2, -0.15) is 0 Å². The Labute approximate surface area is 120 Å². The molecule has 2 N–H and O–H groups in total. The van der Waals surface area contributed by atoms with Gasteiger partial charge in [-0.3, -0.25) is 0 Å². The van der Waals surface area contributed by atoms with Gasteiger partial charge in [-0.15, -0.1) is 0 Å². The molecule has 3 heteroatoms. The topological polar surface area (TPSA) is 31.1 Å². The van der Waals surface area contributed by atoms with Crippen LogP contribution < -0.4 is 5.32 Å². The Balaban J connectivity index is 1.68. The summed E-state index contributed by atoms with van der Waals surface area (Å²) < 4.78 is 0. The highest BCUT2D eigenvalue weighted by molar-refractivity contribution is 5.87. The van der Waals surface area contributed by atoms with E-state index in [0.717, 1.165) is 24.4 Å². The second-order valence-electron chi connectivity index (χ2n) is 5.67. The van der Waals surface area contributed by atoms with Crippen LogP contribution in [0.1, 0.15) is 23.2 Å². The van der Waals surface area contributed by atoms with Gasteiger partial charge in [0.1, 0.15) is 0 Å². The molecule has 1 aromatic heterocycles. The third-order valence-corrected chi connectivity index (χ3v) is 4.31. The zero-order valence-corrected chi connectivity index (χ0v) is 12.3. The number of aromatic amines is 1. The first-order valence-corrected chi connectivity index (χ1v) is 7.33. The van der Waals surface area contributed by atoms with E-state index in [2.05, 4.69) is 47.2 Å². The SMILES string of the molecule is [CH]=C(NCCN1CCC1)c1ccc2[nH]c(C)c(C)c2c1. The maximum Gasteiger partial charge on any atom is 0.0459 e. The van der Waals surface area contributed by atoms with Crippen molar-refractivity contribution in [3.05, 3.63) is 41.6 Å². The minimum atomic E-state index is 0.769. The molecule has 0 bridgehead atoms. The summed E-state index contributed by atoms with van der Waals surface area (Å²) in [6, 6.07) is 6.35. The molecule has 0 unspecified atom stereocenters. The van der Waals surface area contributed by atoms with Gasteiger partial charge >= 0.3 is 0 Å². The zero-order chi connectivity index (χ0) is 14.1. The van der Waals surface area contributed by atoms with Crippen molar-refractivity contribution in [1.82, 2.24) is 15.2 Å². The van der Waals surface area contributed by atoms with Crippen molar-refractivity contribution in [3.8, 4) is 0 Å². The number of H-pyrrole nitrogens is 1. The molecule has 1 fully saturated rings. The van der Waals surface area contributed by atoms with E-state index in [-0.39, 0.29) is 0 Å². The van der Waals surface area contributed by atoms with Crippen molar-refractivity contribution in [3.63, 3.8) is 0 Å². The molecule has 0 aliphatic carbocycles. The van der Waals surface area contributed by atoms with Crippen LogP contribution >= 0.6 is 0 Å². The molecule has 3 rings (SSSR count). The Kier molecular flexibility index (Phi) is 3.53. The van der Waals surface area contributed by atoms with Crippen molar-refractivity contribution in [1.29, 1.82) is 0 Å². The second kappa shape index (κ2) is 5.33. The molecule has 1 saturated heterocycles. The van der Waals surface area contributed by atoms with Crippen LogP contribution in [0.2, 0.25) is 0 Å². The summed E-state index contributed by atoms with van der Waals surface area (Å²) >= 11 is 0. The van der Waals surface area contributed by atoms with Crippen LogP contribution in [0.4, 0.5) is 0 Å².